The van der Waals surface area contributed by atoms with Crippen molar-refractivity contribution in [3.8, 4) is 0 Å². The summed E-state index contributed by atoms with van der Waals surface area (Å²) in [5.41, 5.74) is 2.18. The van der Waals surface area contributed by atoms with Crippen LogP contribution < -0.4 is 5.32 Å². The summed E-state index contributed by atoms with van der Waals surface area (Å²) in [6.45, 7) is 0.499. The molecule has 0 saturated carbocycles. The van der Waals surface area contributed by atoms with Gasteiger partial charge in [0.15, 0.2) is 0 Å². The number of rotatable bonds is 2. The van der Waals surface area contributed by atoms with Gasteiger partial charge in [0, 0.05) is 44.1 Å². The lowest BCUT2D eigenvalue weighted by molar-refractivity contribution is -0.127. The molecule has 1 fully saturated rings. The Bertz CT molecular complexity index is 554. The van der Waals surface area contributed by atoms with E-state index in [0.717, 1.165) is 28.6 Å². The Kier molecular flexibility index (Phi) is 3.00. The normalized spacial score (nSPS) is 21.9. The van der Waals surface area contributed by atoms with Crippen molar-refractivity contribution >= 4 is 29.4 Å². The summed E-state index contributed by atoms with van der Waals surface area (Å²) in [5, 5.41) is 7.35. The van der Waals surface area contributed by atoms with Gasteiger partial charge in [-0.15, -0.1) is 0 Å². The minimum atomic E-state index is -0.253. The average molecular weight is 280 g/mol. The SMILES string of the molecule is CN1C[C@H](C(=O)Nc2c3c(nn2C)CSC3)CC1=O. The van der Waals surface area contributed by atoms with Gasteiger partial charge in [0.05, 0.1) is 11.6 Å². The van der Waals surface area contributed by atoms with Crippen LogP contribution in [0.1, 0.15) is 17.7 Å². The Balaban J connectivity index is 1.75. The molecule has 1 aromatic rings. The predicted molar refractivity (Wildman–Crippen MR) is 72.6 cm³/mol. The number of carbonyl (C=O) groups excluding carboxylic acids is 2. The number of nitrogens with zero attached hydrogens (tertiary/aromatic N) is 3. The van der Waals surface area contributed by atoms with E-state index in [2.05, 4.69) is 10.4 Å². The maximum Gasteiger partial charge on any atom is 0.230 e. The van der Waals surface area contributed by atoms with Crippen LogP contribution in [-0.4, -0.2) is 40.1 Å². The van der Waals surface area contributed by atoms with E-state index in [1.165, 1.54) is 0 Å². The van der Waals surface area contributed by atoms with Crippen LogP contribution in [-0.2, 0) is 28.1 Å². The molecule has 0 bridgehead atoms. The molecular formula is C12H16N4O2S. The number of aryl methyl sites for hydroxylation is 1. The Labute approximate surface area is 115 Å². The van der Waals surface area contributed by atoms with Gasteiger partial charge in [0.1, 0.15) is 5.82 Å². The predicted octanol–water partition coefficient (Wildman–Crippen LogP) is 0.584. The van der Waals surface area contributed by atoms with E-state index in [1.54, 1.807) is 28.4 Å². The molecule has 3 rings (SSSR count). The molecule has 3 heterocycles. The van der Waals surface area contributed by atoms with Crippen LogP contribution in [0.4, 0.5) is 5.82 Å². The minimum absolute atomic E-state index is 0.0333. The van der Waals surface area contributed by atoms with E-state index < -0.39 is 0 Å². The lowest BCUT2D eigenvalue weighted by atomic mass is 10.1. The van der Waals surface area contributed by atoms with Gasteiger partial charge in [0.25, 0.3) is 0 Å². The molecule has 0 aliphatic carbocycles. The van der Waals surface area contributed by atoms with E-state index in [9.17, 15) is 9.59 Å². The van der Waals surface area contributed by atoms with Crippen LogP contribution in [0.15, 0.2) is 0 Å². The highest BCUT2D eigenvalue weighted by molar-refractivity contribution is 7.98. The molecule has 0 unspecified atom stereocenters. The summed E-state index contributed by atoms with van der Waals surface area (Å²) in [4.78, 5) is 25.3. The zero-order valence-electron chi connectivity index (χ0n) is 11.0. The Hall–Kier alpha value is -1.50. The number of anilines is 1. The fourth-order valence-corrected chi connectivity index (χ4v) is 3.59. The van der Waals surface area contributed by atoms with Crippen molar-refractivity contribution in [3.63, 3.8) is 0 Å². The molecule has 2 aliphatic heterocycles. The zero-order valence-corrected chi connectivity index (χ0v) is 11.8. The van der Waals surface area contributed by atoms with Crippen LogP contribution in [0.2, 0.25) is 0 Å². The van der Waals surface area contributed by atoms with E-state index >= 15 is 0 Å². The van der Waals surface area contributed by atoms with E-state index in [4.69, 9.17) is 0 Å². The Morgan fingerprint density at radius 2 is 2.21 bits per heavy atom. The Morgan fingerprint density at radius 1 is 1.42 bits per heavy atom. The fourth-order valence-electron chi connectivity index (χ4n) is 2.56. The molecule has 0 spiro atoms. The summed E-state index contributed by atoms with van der Waals surface area (Å²) in [7, 11) is 3.57. The largest absolute Gasteiger partial charge is 0.345 e. The number of fused-ring (bicyclic) bond motifs is 1. The fraction of sp³-hybridized carbons (Fsp3) is 0.583. The maximum absolute atomic E-state index is 12.2. The molecule has 19 heavy (non-hydrogen) atoms. The van der Waals surface area contributed by atoms with E-state index in [-0.39, 0.29) is 17.7 Å². The Morgan fingerprint density at radius 3 is 2.89 bits per heavy atom. The smallest absolute Gasteiger partial charge is 0.230 e. The number of aromatic nitrogens is 2. The van der Waals surface area contributed by atoms with Crippen molar-refractivity contribution in [1.29, 1.82) is 0 Å². The molecule has 7 heteroatoms. The number of carbonyl (C=O) groups is 2. The molecule has 1 N–H and O–H groups in total. The summed E-state index contributed by atoms with van der Waals surface area (Å²) in [6, 6.07) is 0. The summed E-state index contributed by atoms with van der Waals surface area (Å²) in [5.74, 6) is 2.28. The van der Waals surface area contributed by atoms with Gasteiger partial charge in [-0.25, -0.2) is 0 Å². The van der Waals surface area contributed by atoms with Gasteiger partial charge < -0.3 is 10.2 Å². The second-order valence-electron chi connectivity index (χ2n) is 5.05. The number of likely N-dealkylation sites (tertiary alicyclic amines) is 1. The first-order chi connectivity index (χ1) is 9.06. The lowest BCUT2D eigenvalue weighted by Gasteiger charge is -2.12. The molecule has 1 saturated heterocycles. The van der Waals surface area contributed by atoms with Gasteiger partial charge >= 0.3 is 0 Å². The highest BCUT2D eigenvalue weighted by Gasteiger charge is 2.33. The molecule has 1 aromatic heterocycles. The molecule has 6 nitrogen and oxygen atoms in total. The van der Waals surface area contributed by atoms with Gasteiger partial charge in [0.2, 0.25) is 11.8 Å². The third-order valence-electron chi connectivity index (χ3n) is 3.67. The van der Waals surface area contributed by atoms with Crippen LogP contribution in [0.25, 0.3) is 0 Å². The van der Waals surface area contributed by atoms with Crippen LogP contribution in [0.5, 0.6) is 0 Å². The summed E-state index contributed by atoms with van der Waals surface area (Å²) < 4.78 is 1.72. The van der Waals surface area contributed by atoms with Gasteiger partial charge in [-0.2, -0.15) is 16.9 Å². The molecule has 1 atom stereocenters. The van der Waals surface area contributed by atoms with Crippen LogP contribution >= 0.6 is 11.8 Å². The van der Waals surface area contributed by atoms with Gasteiger partial charge in [-0.3, -0.25) is 14.3 Å². The topological polar surface area (TPSA) is 67.2 Å². The van der Waals surface area contributed by atoms with Crippen molar-refractivity contribution < 1.29 is 9.59 Å². The van der Waals surface area contributed by atoms with Crippen molar-refractivity contribution in [3.05, 3.63) is 11.3 Å². The van der Waals surface area contributed by atoms with Crippen molar-refractivity contribution in [2.24, 2.45) is 13.0 Å². The highest BCUT2D eigenvalue weighted by Crippen LogP contribution is 2.34. The standard InChI is InChI=1S/C12H16N4O2S/c1-15-4-7(3-10(15)17)12(18)13-11-8-5-19-6-9(8)14-16(11)2/h7H,3-6H2,1-2H3,(H,13,18)/t7-/m1/s1. The lowest BCUT2D eigenvalue weighted by Crippen LogP contribution is -2.26. The average Bonchev–Trinajstić information content (AvgIpc) is 3.00. The van der Waals surface area contributed by atoms with Crippen molar-refractivity contribution in [2.75, 3.05) is 18.9 Å². The molecule has 0 aromatic carbocycles. The maximum atomic E-state index is 12.2. The molecular weight excluding hydrogens is 264 g/mol. The second-order valence-corrected chi connectivity index (χ2v) is 6.04. The number of nitrogens with one attached hydrogen (secondary N) is 1. The third-order valence-corrected chi connectivity index (χ3v) is 4.64. The molecule has 102 valence electrons. The summed E-state index contributed by atoms with van der Waals surface area (Å²) >= 11 is 1.80. The second kappa shape index (κ2) is 4.56. The molecule has 2 amide bonds. The van der Waals surface area contributed by atoms with E-state index in [0.29, 0.717) is 13.0 Å². The number of amides is 2. The van der Waals surface area contributed by atoms with Crippen molar-refractivity contribution in [2.45, 2.75) is 17.9 Å². The summed E-state index contributed by atoms with van der Waals surface area (Å²) in [6.07, 6.45) is 0.303. The van der Waals surface area contributed by atoms with Gasteiger partial charge in [-0.1, -0.05) is 0 Å². The first-order valence-corrected chi connectivity index (χ1v) is 7.39. The number of hydrogen-bond donors (Lipinski definition) is 1. The van der Waals surface area contributed by atoms with E-state index in [1.807, 2.05) is 7.05 Å². The minimum Gasteiger partial charge on any atom is -0.345 e. The quantitative estimate of drug-likeness (QED) is 0.860. The highest BCUT2D eigenvalue weighted by atomic mass is 32.2. The monoisotopic (exact) mass is 280 g/mol. The zero-order chi connectivity index (χ0) is 13.6. The number of thioether (sulfide) groups is 1. The first-order valence-electron chi connectivity index (χ1n) is 6.23. The van der Waals surface area contributed by atoms with Crippen LogP contribution in [0.3, 0.4) is 0 Å². The molecule has 0 radical (unpaired) electrons. The first kappa shape index (κ1) is 12.5. The molecule has 2 aliphatic rings. The van der Waals surface area contributed by atoms with Crippen molar-refractivity contribution in [1.82, 2.24) is 14.7 Å². The third kappa shape index (κ3) is 2.11. The number of hydrogen-bond acceptors (Lipinski definition) is 4. The van der Waals surface area contributed by atoms with Crippen LogP contribution in [0, 0.1) is 5.92 Å². The van der Waals surface area contributed by atoms with Gasteiger partial charge in [-0.05, 0) is 0 Å².